The molecule has 0 rings (SSSR count). The summed E-state index contributed by atoms with van der Waals surface area (Å²) in [5, 5.41) is 9.00. The van der Waals surface area contributed by atoms with Gasteiger partial charge in [-0.25, -0.2) is 0 Å². The van der Waals surface area contributed by atoms with Crippen LogP contribution in [0, 0.1) is 5.92 Å². The van der Waals surface area contributed by atoms with Gasteiger partial charge in [-0.05, 0) is 25.2 Å². The highest BCUT2D eigenvalue weighted by molar-refractivity contribution is 5.86. The van der Waals surface area contributed by atoms with E-state index in [2.05, 4.69) is 34.8 Å². The maximum Gasteiger partial charge on any atom is 0.239 e. The van der Waals surface area contributed by atoms with Crippen LogP contribution >= 0.6 is 0 Å². The van der Waals surface area contributed by atoms with Crippen LogP contribution in [0.2, 0.25) is 0 Å². The van der Waals surface area contributed by atoms with Gasteiger partial charge in [0.2, 0.25) is 5.91 Å². The second-order valence-electron chi connectivity index (χ2n) is 4.74. The Morgan fingerprint density at radius 2 is 1.89 bits per heavy atom. The van der Waals surface area contributed by atoms with Crippen molar-refractivity contribution in [2.24, 2.45) is 10.9 Å². The summed E-state index contributed by atoms with van der Waals surface area (Å²) in [5.41, 5.74) is 0. The summed E-state index contributed by atoms with van der Waals surface area (Å²) in [7, 11) is 1.71. The Hall–Kier alpha value is -1.26. The highest BCUT2D eigenvalue weighted by Gasteiger charge is 2.02. The molecule has 0 aromatic heterocycles. The molecular weight excluding hydrogens is 228 g/mol. The smallest absolute Gasteiger partial charge is 0.239 e. The maximum atomic E-state index is 11.4. The summed E-state index contributed by atoms with van der Waals surface area (Å²) in [6.07, 6.45) is 3.26. The van der Waals surface area contributed by atoms with E-state index in [1.165, 1.54) is 6.42 Å². The molecule has 0 aliphatic carbocycles. The van der Waals surface area contributed by atoms with E-state index in [4.69, 9.17) is 0 Å². The van der Waals surface area contributed by atoms with Gasteiger partial charge in [0.15, 0.2) is 5.96 Å². The number of hydrogen-bond donors (Lipinski definition) is 3. The maximum absolute atomic E-state index is 11.4. The first-order valence-electron chi connectivity index (χ1n) is 6.81. The number of nitrogens with one attached hydrogen (secondary N) is 3. The van der Waals surface area contributed by atoms with Gasteiger partial charge in [-0.2, -0.15) is 0 Å². The van der Waals surface area contributed by atoms with Crippen LogP contribution in [0.4, 0.5) is 0 Å². The Kier molecular flexibility index (Phi) is 10.1. The lowest BCUT2D eigenvalue weighted by Crippen LogP contribution is -2.43. The first kappa shape index (κ1) is 16.7. The summed E-state index contributed by atoms with van der Waals surface area (Å²) in [6, 6.07) is 0. The predicted molar refractivity (Wildman–Crippen MR) is 76.7 cm³/mol. The van der Waals surface area contributed by atoms with Crippen molar-refractivity contribution in [3.63, 3.8) is 0 Å². The first-order valence-corrected chi connectivity index (χ1v) is 6.81. The van der Waals surface area contributed by atoms with E-state index in [0.29, 0.717) is 5.96 Å². The molecule has 0 aliphatic heterocycles. The monoisotopic (exact) mass is 256 g/mol. The molecule has 0 heterocycles. The third-order valence-electron chi connectivity index (χ3n) is 2.46. The quantitative estimate of drug-likeness (QED) is 0.346. The predicted octanol–water partition coefficient (Wildman–Crippen LogP) is 1.11. The fourth-order valence-electron chi connectivity index (χ4n) is 1.43. The van der Waals surface area contributed by atoms with Crippen molar-refractivity contribution < 1.29 is 4.79 Å². The standard InChI is InChI=1S/C13H28N4O/c1-5-8-15-12(18)10-17-13(14-4)16-9-6-7-11(2)3/h11H,5-10H2,1-4H3,(H,15,18)(H2,14,16,17). The fraction of sp³-hybridized carbons (Fsp3) is 0.846. The van der Waals surface area contributed by atoms with E-state index in [1.54, 1.807) is 7.05 Å². The number of hydrogen-bond acceptors (Lipinski definition) is 2. The zero-order chi connectivity index (χ0) is 13.8. The van der Waals surface area contributed by atoms with Gasteiger partial charge in [0.25, 0.3) is 0 Å². The Balaban J connectivity index is 3.68. The number of carbonyl (C=O) groups is 1. The molecule has 0 aliphatic rings. The van der Waals surface area contributed by atoms with Gasteiger partial charge in [-0.3, -0.25) is 9.79 Å². The van der Waals surface area contributed by atoms with E-state index in [9.17, 15) is 4.79 Å². The molecule has 3 N–H and O–H groups in total. The van der Waals surface area contributed by atoms with E-state index >= 15 is 0 Å². The minimum atomic E-state index is 0.00183. The van der Waals surface area contributed by atoms with Crippen LogP contribution in [0.5, 0.6) is 0 Å². The Morgan fingerprint density at radius 3 is 2.44 bits per heavy atom. The Bertz CT molecular complexity index is 251. The third-order valence-corrected chi connectivity index (χ3v) is 2.46. The summed E-state index contributed by atoms with van der Waals surface area (Å²) < 4.78 is 0. The zero-order valence-electron chi connectivity index (χ0n) is 12.2. The third kappa shape index (κ3) is 9.93. The largest absolute Gasteiger partial charge is 0.356 e. The number of guanidine groups is 1. The molecule has 5 heteroatoms. The summed E-state index contributed by atoms with van der Waals surface area (Å²) in [5.74, 6) is 1.41. The summed E-state index contributed by atoms with van der Waals surface area (Å²) >= 11 is 0. The molecule has 0 aromatic carbocycles. The van der Waals surface area contributed by atoms with Gasteiger partial charge >= 0.3 is 0 Å². The molecule has 0 fully saturated rings. The number of carbonyl (C=O) groups excluding carboxylic acids is 1. The molecule has 0 saturated carbocycles. The SMILES string of the molecule is CCCNC(=O)CNC(=NC)NCCCC(C)C. The van der Waals surface area contributed by atoms with E-state index in [1.807, 2.05) is 6.92 Å². The number of nitrogens with zero attached hydrogens (tertiary/aromatic N) is 1. The minimum Gasteiger partial charge on any atom is -0.356 e. The van der Waals surface area contributed by atoms with Crippen LogP contribution in [-0.4, -0.2) is 38.5 Å². The van der Waals surface area contributed by atoms with Gasteiger partial charge in [0.05, 0.1) is 6.54 Å². The van der Waals surface area contributed by atoms with Crippen molar-refractivity contribution in [1.82, 2.24) is 16.0 Å². The van der Waals surface area contributed by atoms with Crippen LogP contribution < -0.4 is 16.0 Å². The van der Waals surface area contributed by atoms with Crippen molar-refractivity contribution in [3.05, 3.63) is 0 Å². The van der Waals surface area contributed by atoms with Crippen LogP contribution in [0.1, 0.15) is 40.0 Å². The van der Waals surface area contributed by atoms with Crippen molar-refractivity contribution in [1.29, 1.82) is 0 Å². The van der Waals surface area contributed by atoms with E-state index < -0.39 is 0 Å². The topological polar surface area (TPSA) is 65.5 Å². The van der Waals surface area contributed by atoms with Crippen LogP contribution in [0.15, 0.2) is 4.99 Å². The molecule has 0 radical (unpaired) electrons. The average Bonchev–Trinajstić information content (AvgIpc) is 2.35. The average molecular weight is 256 g/mol. The lowest BCUT2D eigenvalue weighted by Gasteiger charge is -2.12. The number of rotatable bonds is 8. The summed E-state index contributed by atoms with van der Waals surface area (Å²) in [6.45, 7) is 8.33. The fourth-order valence-corrected chi connectivity index (χ4v) is 1.43. The van der Waals surface area contributed by atoms with Crippen molar-refractivity contribution >= 4 is 11.9 Å². The molecule has 0 aromatic rings. The lowest BCUT2D eigenvalue weighted by molar-refractivity contribution is -0.120. The molecule has 5 nitrogen and oxygen atoms in total. The van der Waals surface area contributed by atoms with Crippen molar-refractivity contribution in [2.75, 3.05) is 26.7 Å². The van der Waals surface area contributed by atoms with Gasteiger partial charge in [-0.15, -0.1) is 0 Å². The molecule has 0 spiro atoms. The molecule has 106 valence electrons. The molecule has 18 heavy (non-hydrogen) atoms. The highest BCUT2D eigenvalue weighted by Crippen LogP contribution is 2.01. The molecule has 0 bridgehead atoms. The second-order valence-corrected chi connectivity index (χ2v) is 4.74. The number of aliphatic imine (C=N–C) groups is 1. The van der Waals surface area contributed by atoms with Gasteiger partial charge < -0.3 is 16.0 Å². The second kappa shape index (κ2) is 10.9. The van der Waals surface area contributed by atoms with E-state index in [0.717, 1.165) is 31.8 Å². The Labute approximate surface area is 111 Å². The van der Waals surface area contributed by atoms with Crippen molar-refractivity contribution in [2.45, 2.75) is 40.0 Å². The summed E-state index contributed by atoms with van der Waals surface area (Å²) in [4.78, 5) is 15.5. The normalized spacial score (nSPS) is 11.5. The Morgan fingerprint density at radius 1 is 1.17 bits per heavy atom. The van der Waals surface area contributed by atoms with Crippen LogP contribution in [-0.2, 0) is 4.79 Å². The molecular formula is C13H28N4O. The molecule has 1 amide bonds. The first-order chi connectivity index (χ1) is 8.60. The highest BCUT2D eigenvalue weighted by atomic mass is 16.1. The van der Waals surface area contributed by atoms with E-state index in [-0.39, 0.29) is 12.5 Å². The van der Waals surface area contributed by atoms with Crippen molar-refractivity contribution in [3.8, 4) is 0 Å². The van der Waals surface area contributed by atoms with Crippen LogP contribution in [0.25, 0.3) is 0 Å². The number of amides is 1. The molecule has 0 unspecified atom stereocenters. The van der Waals surface area contributed by atoms with Gasteiger partial charge in [0.1, 0.15) is 0 Å². The van der Waals surface area contributed by atoms with Gasteiger partial charge in [0, 0.05) is 20.1 Å². The molecule has 0 saturated heterocycles. The van der Waals surface area contributed by atoms with Crippen LogP contribution in [0.3, 0.4) is 0 Å². The lowest BCUT2D eigenvalue weighted by atomic mass is 10.1. The molecule has 0 atom stereocenters. The zero-order valence-corrected chi connectivity index (χ0v) is 12.2. The van der Waals surface area contributed by atoms with Gasteiger partial charge in [-0.1, -0.05) is 20.8 Å². The minimum absolute atomic E-state index is 0.00183.